The molecule has 1 atom stereocenters. The number of hydrogen-bond acceptors (Lipinski definition) is 5. The van der Waals surface area contributed by atoms with Crippen LogP contribution in [0.5, 0.6) is 0 Å². The van der Waals surface area contributed by atoms with Crippen LogP contribution in [0.4, 0.5) is 0 Å². The van der Waals surface area contributed by atoms with Gasteiger partial charge < -0.3 is 10.5 Å². The molecular weight excluding hydrogens is 252 g/mol. The average Bonchev–Trinajstić information content (AvgIpc) is 2.39. The maximum Gasteiger partial charge on any atom is 0.150 e. The Bertz CT molecular complexity index is 369. The zero-order chi connectivity index (χ0) is 13.2. The van der Waals surface area contributed by atoms with Crippen molar-refractivity contribution in [1.29, 1.82) is 0 Å². The molecular formula is C12H24N2O3S. The molecule has 0 aromatic carbocycles. The van der Waals surface area contributed by atoms with E-state index < -0.39 is 9.84 Å². The van der Waals surface area contributed by atoms with Gasteiger partial charge in [-0.1, -0.05) is 0 Å². The summed E-state index contributed by atoms with van der Waals surface area (Å²) in [4.78, 5) is 2.37. The van der Waals surface area contributed by atoms with E-state index in [2.05, 4.69) is 4.90 Å². The van der Waals surface area contributed by atoms with E-state index in [0.29, 0.717) is 19.4 Å². The third-order valence-corrected chi connectivity index (χ3v) is 6.17. The van der Waals surface area contributed by atoms with Crippen molar-refractivity contribution in [3.8, 4) is 0 Å². The lowest BCUT2D eigenvalue weighted by Gasteiger charge is -2.48. The minimum atomic E-state index is -2.84. The lowest BCUT2D eigenvalue weighted by Crippen LogP contribution is -2.61. The van der Waals surface area contributed by atoms with Gasteiger partial charge in [-0.3, -0.25) is 4.90 Å². The van der Waals surface area contributed by atoms with E-state index in [4.69, 9.17) is 10.5 Å². The number of hydrogen-bond donors (Lipinski definition) is 1. The van der Waals surface area contributed by atoms with E-state index in [-0.39, 0.29) is 23.1 Å². The number of sulfone groups is 1. The predicted molar refractivity (Wildman–Crippen MR) is 71.3 cm³/mol. The molecule has 2 aliphatic heterocycles. The lowest BCUT2D eigenvalue weighted by molar-refractivity contribution is -0.0208. The first-order valence-electron chi connectivity index (χ1n) is 6.70. The molecule has 1 unspecified atom stereocenters. The molecule has 106 valence electrons. The summed E-state index contributed by atoms with van der Waals surface area (Å²) in [5, 5.41) is 0. The monoisotopic (exact) mass is 276 g/mol. The van der Waals surface area contributed by atoms with E-state index in [0.717, 1.165) is 25.9 Å². The smallest absolute Gasteiger partial charge is 0.150 e. The average molecular weight is 276 g/mol. The highest BCUT2D eigenvalue weighted by Gasteiger charge is 2.42. The number of likely N-dealkylation sites (tertiary alicyclic amines) is 1. The number of nitrogens with zero attached hydrogens (tertiary/aromatic N) is 1. The summed E-state index contributed by atoms with van der Waals surface area (Å²) in [5.41, 5.74) is 5.84. The van der Waals surface area contributed by atoms with Gasteiger partial charge >= 0.3 is 0 Å². The molecule has 6 heteroatoms. The normalized spacial score (nSPS) is 32.2. The van der Waals surface area contributed by atoms with E-state index in [1.165, 1.54) is 0 Å². The molecule has 2 rings (SSSR count). The van der Waals surface area contributed by atoms with Crippen LogP contribution >= 0.6 is 0 Å². The van der Waals surface area contributed by atoms with Crippen molar-refractivity contribution < 1.29 is 13.2 Å². The van der Waals surface area contributed by atoms with Crippen molar-refractivity contribution in [2.75, 3.05) is 38.2 Å². The van der Waals surface area contributed by atoms with E-state index in [1.807, 2.05) is 0 Å². The van der Waals surface area contributed by atoms with Gasteiger partial charge in [0.15, 0.2) is 0 Å². The maximum absolute atomic E-state index is 11.6. The largest absolute Gasteiger partial charge is 0.380 e. The number of rotatable bonds is 3. The van der Waals surface area contributed by atoms with Gasteiger partial charge in [0.25, 0.3) is 0 Å². The quantitative estimate of drug-likeness (QED) is 0.786. The summed E-state index contributed by atoms with van der Waals surface area (Å²) in [6, 6.07) is 0. The van der Waals surface area contributed by atoms with Crippen molar-refractivity contribution in [2.45, 2.75) is 37.3 Å². The van der Waals surface area contributed by atoms with Crippen LogP contribution in [0.15, 0.2) is 0 Å². The molecule has 2 aliphatic rings. The highest BCUT2D eigenvalue weighted by molar-refractivity contribution is 7.91. The Morgan fingerprint density at radius 3 is 2.61 bits per heavy atom. The molecule has 5 nitrogen and oxygen atoms in total. The second kappa shape index (κ2) is 5.45. The number of methoxy groups -OCH3 is 1. The molecule has 2 N–H and O–H groups in total. The summed E-state index contributed by atoms with van der Waals surface area (Å²) in [6.07, 6.45) is 3.80. The maximum atomic E-state index is 11.6. The Labute approximate surface area is 110 Å². The van der Waals surface area contributed by atoms with Crippen molar-refractivity contribution in [3.63, 3.8) is 0 Å². The molecule has 2 heterocycles. The van der Waals surface area contributed by atoms with Crippen LogP contribution in [0.3, 0.4) is 0 Å². The Hall–Kier alpha value is -0.170. The Balaban J connectivity index is 2.08. The molecule has 2 fully saturated rings. The van der Waals surface area contributed by atoms with Crippen LogP contribution < -0.4 is 5.73 Å². The van der Waals surface area contributed by atoms with Crippen LogP contribution in [0, 0.1) is 0 Å². The van der Waals surface area contributed by atoms with E-state index in [1.54, 1.807) is 7.11 Å². The Kier molecular flexibility index (Phi) is 4.31. The van der Waals surface area contributed by atoms with Crippen molar-refractivity contribution in [3.05, 3.63) is 0 Å². The second-order valence-electron chi connectivity index (χ2n) is 5.53. The molecule has 0 radical (unpaired) electrons. The molecule has 18 heavy (non-hydrogen) atoms. The Morgan fingerprint density at radius 1 is 1.39 bits per heavy atom. The number of nitrogens with two attached hydrogens (primary N) is 1. The molecule has 0 aliphatic carbocycles. The highest BCUT2D eigenvalue weighted by atomic mass is 32.2. The van der Waals surface area contributed by atoms with Gasteiger partial charge in [-0.2, -0.15) is 0 Å². The summed E-state index contributed by atoms with van der Waals surface area (Å²) in [7, 11) is -1.09. The van der Waals surface area contributed by atoms with Crippen LogP contribution in [0.25, 0.3) is 0 Å². The zero-order valence-corrected chi connectivity index (χ0v) is 11.9. The molecule has 0 bridgehead atoms. The third kappa shape index (κ3) is 2.87. The van der Waals surface area contributed by atoms with Crippen molar-refractivity contribution >= 4 is 9.84 Å². The summed E-state index contributed by atoms with van der Waals surface area (Å²) in [5.74, 6) is 0.552. The van der Waals surface area contributed by atoms with Crippen LogP contribution in [0.2, 0.25) is 0 Å². The molecule has 0 aromatic heterocycles. The fourth-order valence-corrected chi connectivity index (χ4v) is 4.71. The van der Waals surface area contributed by atoms with Gasteiger partial charge in [-0.05, 0) is 32.2 Å². The summed E-state index contributed by atoms with van der Waals surface area (Å²) < 4.78 is 28.6. The van der Waals surface area contributed by atoms with Crippen molar-refractivity contribution in [2.24, 2.45) is 5.73 Å². The van der Waals surface area contributed by atoms with Gasteiger partial charge in [-0.15, -0.1) is 0 Å². The molecule has 0 aromatic rings. The van der Waals surface area contributed by atoms with Crippen LogP contribution in [0.1, 0.15) is 25.7 Å². The zero-order valence-electron chi connectivity index (χ0n) is 11.1. The Morgan fingerprint density at radius 2 is 2.06 bits per heavy atom. The minimum Gasteiger partial charge on any atom is -0.380 e. The van der Waals surface area contributed by atoms with Crippen molar-refractivity contribution in [1.82, 2.24) is 4.90 Å². The van der Waals surface area contributed by atoms with E-state index in [9.17, 15) is 8.42 Å². The minimum absolute atomic E-state index is 0.122. The first-order chi connectivity index (χ1) is 8.51. The van der Waals surface area contributed by atoms with Crippen LogP contribution in [-0.4, -0.2) is 63.2 Å². The summed E-state index contributed by atoms with van der Waals surface area (Å²) >= 11 is 0. The van der Waals surface area contributed by atoms with Crippen LogP contribution in [-0.2, 0) is 14.6 Å². The van der Waals surface area contributed by atoms with Gasteiger partial charge in [0.2, 0.25) is 0 Å². The number of piperidine rings is 1. The standard InChI is InChI=1S/C12H24N2O3S/c1-17-11-3-2-6-14(9-11)12(10-13)4-7-18(15,16)8-5-12/h11H,2-10,13H2,1H3. The van der Waals surface area contributed by atoms with Gasteiger partial charge in [0.1, 0.15) is 9.84 Å². The molecule has 0 spiro atoms. The lowest BCUT2D eigenvalue weighted by atomic mass is 9.87. The molecule has 0 amide bonds. The molecule has 2 saturated heterocycles. The third-order valence-electron chi connectivity index (χ3n) is 4.52. The summed E-state index contributed by atoms with van der Waals surface area (Å²) in [6.45, 7) is 2.43. The predicted octanol–water partition coefficient (Wildman–Crippen LogP) is 0.00330. The second-order valence-corrected chi connectivity index (χ2v) is 7.83. The van der Waals surface area contributed by atoms with Gasteiger partial charge in [0, 0.05) is 25.7 Å². The van der Waals surface area contributed by atoms with Gasteiger partial charge in [-0.25, -0.2) is 8.42 Å². The first-order valence-corrected chi connectivity index (χ1v) is 8.52. The van der Waals surface area contributed by atoms with E-state index >= 15 is 0 Å². The highest BCUT2D eigenvalue weighted by Crippen LogP contribution is 2.32. The molecule has 0 saturated carbocycles. The number of ether oxygens (including phenoxy) is 1. The van der Waals surface area contributed by atoms with Gasteiger partial charge in [0.05, 0.1) is 17.6 Å². The fourth-order valence-electron chi connectivity index (χ4n) is 3.13. The topological polar surface area (TPSA) is 72.6 Å². The fraction of sp³-hybridized carbons (Fsp3) is 1.00. The first kappa shape index (κ1) is 14.2. The SMILES string of the molecule is COC1CCCN(C2(CN)CCS(=O)(=O)CC2)C1.